The van der Waals surface area contributed by atoms with Gasteiger partial charge in [-0.3, -0.25) is 10.00 Å². The molecular formula is C33H32F5N9O2. The van der Waals surface area contributed by atoms with Gasteiger partial charge in [0.25, 0.3) is 0 Å². The number of piperidine rings is 1. The molecule has 3 N–H and O–H groups in total. The second-order valence-corrected chi connectivity index (χ2v) is 13.3. The van der Waals surface area contributed by atoms with Crippen molar-refractivity contribution in [2.45, 2.75) is 51.5 Å². The Bertz CT molecular complexity index is 2140. The third-order valence-corrected chi connectivity index (χ3v) is 10.1. The average molecular weight is 682 g/mol. The fourth-order valence-corrected chi connectivity index (χ4v) is 7.66. The molecule has 0 amide bonds. The third-order valence-electron chi connectivity index (χ3n) is 10.1. The largest absolute Gasteiger partial charge is 0.475 e. The van der Waals surface area contributed by atoms with Crippen molar-refractivity contribution in [3.05, 3.63) is 52.9 Å². The number of benzene rings is 1. The summed E-state index contributed by atoms with van der Waals surface area (Å²) in [5.74, 6) is -0.588. The van der Waals surface area contributed by atoms with Gasteiger partial charge in [-0.2, -0.15) is 28.2 Å². The topological polar surface area (TPSA) is 131 Å². The number of hydrogen-bond donors (Lipinski definition) is 2. The number of hydrogen-bond acceptors (Lipinski definition) is 10. The van der Waals surface area contributed by atoms with E-state index in [9.17, 15) is 17.6 Å². The standard InChI is InChI=1S/C33H32F5N9O2/c1-13-5-21-20(9-41-45-21)23(25(13)33(36,37)38)27-26(35)28-24-30(44-32(43-28)49-12-22-19-6-16(19)10-46(22)4)47(14(2)11-48-31(24)42-27)15(3)18-7-17(34)8-40-29(18)39/h5,7-9,14-16,19,22H,6,10-12H2,1-4H3,(H2,39,40)(H,41,45)/t14-,15+,16+,19+,22+/m0/s1. The van der Waals surface area contributed by atoms with E-state index in [0.29, 0.717) is 17.4 Å². The first-order valence-electron chi connectivity index (χ1n) is 15.9. The molecule has 1 aromatic carbocycles. The summed E-state index contributed by atoms with van der Waals surface area (Å²) < 4.78 is 87.8. The molecule has 3 aliphatic rings. The predicted octanol–water partition coefficient (Wildman–Crippen LogP) is 5.83. The summed E-state index contributed by atoms with van der Waals surface area (Å²) in [6.07, 6.45) is -1.55. The summed E-state index contributed by atoms with van der Waals surface area (Å²) in [5, 5.41) is 6.66. The zero-order valence-corrected chi connectivity index (χ0v) is 26.9. The van der Waals surface area contributed by atoms with Crippen LogP contribution in [0, 0.1) is 30.4 Å². The predicted molar refractivity (Wildman–Crippen MR) is 170 cm³/mol. The van der Waals surface area contributed by atoms with Gasteiger partial charge in [-0.05, 0) is 63.8 Å². The molecule has 49 heavy (non-hydrogen) atoms. The van der Waals surface area contributed by atoms with E-state index >= 15 is 4.39 Å². The first kappa shape index (κ1) is 31.4. The number of likely N-dealkylation sites (N-methyl/N-ethyl adjacent to an activating group) is 1. The molecule has 11 nitrogen and oxygen atoms in total. The molecule has 5 aromatic rings. The van der Waals surface area contributed by atoms with Crippen LogP contribution in [0.1, 0.15) is 43.0 Å². The number of aromatic nitrogens is 6. The average Bonchev–Trinajstić information content (AvgIpc) is 3.54. The van der Waals surface area contributed by atoms with E-state index in [1.807, 2.05) is 14.0 Å². The van der Waals surface area contributed by atoms with Crippen molar-refractivity contribution < 1.29 is 31.4 Å². The number of likely N-dealkylation sites (tertiary alicyclic amines) is 1. The molecule has 2 fully saturated rings. The van der Waals surface area contributed by atoms with Crippen LogP contribution in [-0.2, 0) is 6.18 Å². The third kappa shape index (κ3) is 5.06. The van der Waals surface area contributed by atoms with Crippen LogP contribution in [-0.4, -0.2) is 73.9 Å². The Morgan fingerprint density at radius 2 is 1.96 bits per heavy atom. The summed E-state index contributed by atoms with van der Waals surface area (Å²) in [6, 6.07) is 1.33. The van der Waals surface area contributed by atoms with Gasteiger partial charge in [0.15, 0.2) is 5.82 Å². The first-order valence-corrected chi connectivity index (χ1v) is 15.9. The molecule has 0 bridgehead atoms. The van der Waals surface area contributed by atoms with Crippen molar-refractivity contribution >= 4 is 33.4 Å². The minimum atomic E-state index is -4.86. The van der Waals surface area contributed by atoms with E-state index < -0.39 is 46.7 Å². The molecule has 0 unspecified atom stereocenters. The number of fused-ring (bicyclic) bond motifs is 2. The van der Waals surface area contributed by atoms with Crippen molar-refractivity contribution in [3.63, 3.8) is 0 Å². The van der Waals surface area contributed by atoms with Crippen molar-refractivity contribution in [3.8, 4) is 23.1 Å². The number of nitrogens with zero attached hydrogens (tertiary/aromatic N) is 7. The van der Waals surface area contributed by atoms with Crippen LogP contribution in [0.3, 0.4) is 0 Å². The van der Waals surface area contributed by atoms with Gasteiger partial charge in [0.2, 0.25) is 5.88 Å². The molecule has 16 heteroatoms. The lowest BCUT2D eigenvalue weighted by Gasteiger charge is -2.35. The normalized spacial score (nSPS) is 22.7. The maximum atomic E-state index is 17.1. The van der Waals surface area contributed by atoms with E-state index in [1.54, 1.807) is 11.8 Å². The van der Waals surface area contributed by atoms with Crippen molar-refractivity contribution in [1.29, 1.82) is 0 Å². The van der Waals surface area contributed by atoms with Gasteiger partial charge in [0.1, 0.15) is 47.3 Å². The molecule has 2 aliphatic heterocycles. The van der Waals surface area contributed by atoms with Crippen LogP contribution in [0.2, 0.25) is 0 Å². The molecule has 1 aliphatic carbocycles. The van der Waals surface area contributed by atoms with E-state index in [4.69, 9.17) is 20.2 Å². The fourth-order valence-electron chi connectivity index (χ4n) is 7.66. The van der Waals surface area contributed by atoms with Crippen LogP contribution in [0.25, 0.3) is 33.1 Å². The Labute approximate surface area is 276 Å². The Kier molecular flexibility index (Phi) is 7.10. The molecular weight excluding hydrogens is 649 g/mol. The highest BCUT2D eigenvalue weighted by molar-refractivity contribution is 6.02. The highest BCUT2D eigenvalue weighted by atomic mass is 19.4. The lowest BCUT2D eigenvalue weighted by molar-refractivity contribution is -0.137. The lowest BCUT2D eigenvalue weighted by atomic mass is 9.94. The highest BCUT2D eigenvalue weighted by Crippen LogP contribution is 2.50. The number of aryl methyl sites for hydroxylation is 1. The SMILES string of the molecule is Cc1cc2[nH]ncc2c(-c2nc3c4c(nc(OC[C@@H]5[C@@H]6C[C@@H]6CN5C)nc4c2F)N([C@H](C)c2cc(F)cnc2N)[C@@H](C)CO3)c1C(F)(F)F. The van der Waals surface area contributed by atoms with Crippen LogP contribution >= 0.6 is 0 Å². The molecule has 1 saturated heterocycles. The van der Waals surface area contributed by atoms with Crippen LogP contribution in [0.5, 0.6) is 11.9 Å². The fraction of sp³-hybridized carbons (Fsp3) is 0.424. The van der Waals surface area contributed by atoms with E-state index in [1.165, 1.54) is 25.3 Å². The molecule has 256 valence electrons. The van der Waals surface area contributed by atoms with Gasteiger partial charge in [-0.1, -0.05) is 0 Å². The second kappa shape index (κ2) is 11.1. The second-order valence-electron chi connectivity index (χ2n) is 13.3. The maximum absolute atomic E-state index is 17.1. The van der Waals surface area contributed by atoms with E-state index in [2.05, 4.69) is 30.0 Å². The molecule has 0 radical (unpaired) electrons. The summed E-state index contributed by atoms with van der Waals surface area (Å²) >= 11 is 0. The van der Waals surface area contributed by atoms with Gasteiger partial charge >= 0.3 is 12.2 Å². The molecule has 8 rings (SSSR count). The lowest BCUT2D eigenvalue weighted by Crippen LogP contribution is -2.39. The minimum Gasteiger partial charge on any atom is -0.475 e. The Morgan fingerprint density at radius 3 is 2.69 bits per heavy atom. The minimum absolute atomic E-state index is 0.0243. The smallest absolute Gasteiger partial charge is 0.417 e. The van der Waals surface area contributed by atoms with Gasteiger partial charge in [0, 0.05) is 29.1 Å². The van der Waals surface area contributed by atoms with E-state index in [0.717, 1.165) is 19.2 Å². The number of nitrogen functional groups attached to an aromatic ring is 1. The maximum Gasteiger partial charge on any atom is 0.417 e. The van der Waals surface area contributed by atoms with Gasteiger partial charge in [0.05, 0.1) is 35.6 Å². The molecule has 4 aromatic heterocycles. The monoisotopic (exact) mass is 681 g/mol. The molecule has 5 atom stereocenters. The number of nitrogens with two attached hydrogens (primary N) is 1. The first-order chi connectivity index (χ1) is 23.3. The number of anilines is 2. The van der Waals surface area contributed by atoms with Crippen molar-refractivity contribution in [2.75, 3.05) is 37.4 Å². The Morgan fingerprint density at radius 1 is 1.16 bits per heavy atom. The number of alkyl halides is 3. The molecule has 0 spiro atoms. The number of rotatable bonds is 6. The van der Waals surface area contributed by atoms with Crippen molar-refractivity contribution in [2.24, 2.45) is 11.8 Å². The van der Waals surface area contributed by atoms with Gasteiger partial charge in [-0.15, -0.1) is 0 Å². The quantitative estimate of drug-likeness (QED) is 0.211. The molecule has 6 heterocycles. The number of aromatic amines is 1. The summed E-state index contributed by atoms with van der Waals surface area (Å²) in [7, 11) is 2.01. The van der Waals surface area contributed by atoms with Crippen LogP contribution < -0.4 is 20.1 Å². The van der Waals surface area contributed by atoms with Crippen molar-refractivity contribution in [1.82, 2.24) is 35.0 Å². The van der Waals surface area contributed by atoms with Crippen LogP contribution in [0.4, 0.5) is 33.6 Å². The number of ether oxygens (including phenoxy) is 2. The van der Waals surface area contributed by atoms with Crippen LogP contribution in [0.15, 0.2) is 24.5 Å². The van der Waals surface area contributed by atoms with Gasteiger partial charge in [-0.25, -0.2) is 18.7 Å². The van der Waals surface area contributed by atoms with Gasteiger partial charge < -0.3 is 20.1 Å². The Hall–Kier alpha value is -4.86. The van der Waals surface area contributed by atoms with E-state index in [-0.39, 0.29) is 70.2 Å². The highest BCUT2D eigenvalue weighted by Gasteiger charge is 2.51. The number of H-pyrrole nitrogens is 1. The molecule has 1 saturated carbocycles. The number of pyridine rings is 2. The Balaban J connectivity index is 1.37. The summed E-state index contributed by atoms with van der Waals surface area (Å²) in [5.41, 5.74) is 4.16. The number of nitrogens with one attached hydrogen (secondary N) is 1. The summed E-state index contributed by atoms with van der Waals surface area (Å²) in [4.78, 5) is 21.6. The summed E-state index contributed by atoms with van der Waals surface area (Å²) in [6.45, 7) is 6.00. The zero-order chi connectivity index (χ0) is 34.5. The number of halogens is 5. The zero-order valence-electron chi connectivity index (χ0n) is 26.9.